The number of primary amides is 1. The first-order valence-corrected chi connectivity index (χ1v) is 7.27. The first-order valence-electron chi connectivity index (χ1n) is 6.89. The number of carbonyl (C=O) groups excluding carboxylic acids is 3. The predicted molar refractivity (Wildman–Crippen MR) is 83.3 cm³/mol. The monoisotopic (exact) mass is 323 g/mol. The van der Waals surface area contributed by atoms with Crippen LogP contribution in [-0.2, 0) is 14.4 Å². The minimum Gasteiger partial charge on any atom is -0.368 e. The summed E-state index contributed by atoms with van der Waals surface area (Å²) in [5.74, 6) is -1.72. The molecule has 1 heterocycles. The minimum atomic E-state index is -1.15. The Morgan fingerprint density at radius 1 is 1.36 bits per heavy atom. The summed E-state index contributed by atoms with van der Waals surface area (Å²) in [6.45, 7) is 3.27. The van der Waals surface area contributed by atoms with E-state index in [1.54, 1.807) is 24.3 Å². The van der Waals surface area contributed by atoms with Crippen LogP contribution in [0.4, 0.5) is 5.69 Å². The standard InChI is InChI=1S/C15H18ClN3O3/c1-15(2,14(17)22)18-13(21)9-7-12(20)19(8-9)11-6-4-3-5-10(11)16/h3-6,9H,7-8H2,1-2H3,(H2,17,22)(H,18,21)/t9-/m1/s1. The molecule has 3 amide bonds. The topological polar surface area (TPSA) is 92.5 Å². The van der Waals surface area contributed by atoms with Crippen LogP contribution in [0.1, 0.15) is 20.3 Å². The fourth-order valence-corrected chi connectivity index (χ4v) is 2.50. The molecule has 1 saturated heterocycles. The smallest absolute Gasteiger partial charge is 0.242 e. The van der Waals surface area contributed by atoms with E-state index in [1.807, 2.05) is 0 Å². The van der Waals surface area contributed by atoms with Crippen molar-refractivity contribution in [3.8, 4) is 0 Å². The number of benzene rings is 1. The molecule has 1 aromatic rings. The number of nitrogens with zero attached hydrogens (tertiary/aromatic N) is 1. The van der Waals surface area contributed by atoms with Crippen LogP contribution in [0, 0.1) is 5.92 Å². The Bertz CT molecular complexity index is 630. The summed E-state index contributed by atoms with van der Waals surface area (Å²) >= 11 is 6.09. The zero-order valence-corrected chi connectivity index (χ0v) is 13.2. The van der Waals surface area contributed by atoms with Gasteiger partial charge in [0.05, 0.1) is 16.6 Å². The molecule has 0 unspecified atom stereocenters. The molecule has 1 atom stereocenters. The third-order valence-corrected chi connectivity index (χ3v) is 4.01. The van der Waals surface area contributed by atoms with E-state index in [2.05, 4.69) is 5.32 Å². The number of amides is 3. The van der Waals surface area contributed by atoms with Crippen molar-refractivity contribution < 1.29 is 14.4 Å². The van der Waals surface area contributed by atoms with Gasteiger partial charge < -0.3 is 16.0 Å². The molecule has 0 aliphatic carbocycles. The van der Waals surface area contributed by atoms with Gasteiger partial charge in [-0.25, -0.2) is 0 Å². The van der Waals surface area contributed by atoms with Crippen LogP contribution in [0.5, 0.6) is 0 Å². The third-order valence-electron chi connectivity index (χ3n) is 3.69. The average Bonchev–Trinajstić information content (AvgIpc) is 2.81. The maximum Gasteiger partial charge on any atom is 0.242 e. The van der Waals surface area contributed by atoms with E-state index in [0.29, 0.717) is 10.7 Å². The lowest BCUT2D eigenvalue weighted by Gasteiger charge is -2.24. The first-order chi connectivity index (χ1) is 10.2. The molecule has 6 nitrogen and oxygen atoms in total. The van der Waals surface area contributed by atoms with Gasteiger partial charge in [0.15, 0.2) is 0 Å². The molecule has 3 N–H and O–H groups in total. The van der Waals surface area contributed by atoms with Crippen molar-refractivity contribution >= 4 is 35.0 Å². The van der Waals surface area contributed by atoms with Gasteiger partial charge in [0.25, 0.3) is 0 Å². The molecule has 0 bridgehead atoms. The normalized spacial score (nSPS) is 18.4. The molecule has 0 saturated carbocycles. The lowest BCUT2D eigenvalue weighted by atomic mass is 10.0. The Morgan fingerprint density at radius 2 is 2.00 bits per heavy atom. The summed E-state index contributed by atoms with van der Waals surface area (Å²) in [6.07, 6.45) is 0.0753. The number of rotatable bonds is 4. The quantitative estimate of drug-likeness (QED) is 0.868. The van der Waals surface area contributed by atoms with Crippen LogP contribution >= 0.6 is 11.6 Å². The van der Waals surface area contributed by atoms with Crippen molar-refractivity contribution in [3.05, 3.63) is 29.3 Å². The molecule has 0 spiro atoms. The lowest BCUT2D eigenvalue weighted by Crippen LogP contribution is -2.54. The Labute approximate surface area is 133 Å². The predicted octanol–water partition coefficient (Wildman–Crippen LogP) is 1.07. The third kappa shape index (κ3) is 3.22. The molecular weight excluding hydrogens is 306 g/mol. The molecule has 2 rings (SSSR count). The van der Waals surface area contributed by atoms with Crippen molar-refractivity contribution in [3.63, 3.8) is 0 Å². The number of anilines is 1. The minimum absolute atomic E-state index is 0.0753. The van der Waals surface area contributed by atoms with Crippen molar-refractivity contribution in [1.29, 1.82) is 0 Å². The molecule has 1 fully saturated rings. The molecule has 1 aromatic carbocycles. The van der Waals surface area contributed by atoms with Crippen LogP contribution in [0.15, 0.2) is 24.3 Å². The van der Waals surface area contributed by atoms with Gasteiger partial charge in [-0.05, 0) is 26.0 Å². The van der Waals surface area contributed by atoms with E-state index in [4.69, 9.17) is 17.3 Å². The number of halogens is 1. The Balaban J connectivity index is 2.11. The lowest BCUT2D eigenvalue weighted by molar-refractivity contribution is -0.132. The molecule has 1 aliphatic heterocycles. The average molecular weight is 324 g/mol. The van der Waals surface area contributed by atoms with Gasteiger partial charge >= 0.3 is 0 Å². The van der Waals surface area contributed by atoms with E-state index in [9.17, 15) is 14.4 Å². The second-order valence-electron chi connectivity index (χ2n) is 5.84. The van der Waals surface area contributed by atoms with Gasteiger partial charge in [-0.15, -0.1) is 0 Å². The number of carbonyl (C=O) groups is 3. The van der Waals surface area contributed by atoms with E-state index >= 15 is 0 Å². The van der Waals surface area contributed by atoms with Crippen LogP contribution in [0.25, 0.3) is 0 Å². The maximum atomic E-state index is 12.2. The fourth-order valence-electron chi connectivity index (χ4n) is 2.26. The van der Waals surface area contributed by atoms with Crippen molar-refractivity contribution in [2.75, 3.05) is 11.4 Å². The van der Waals surface area contributed by atoms with E-state index in [0.717, 1.165) is 0 Å². The second kappa shape index (κ2) is 5.96. The van der Waals surface area contributed by atoms with Crippen molar-refractivity contribution in [1.82, 2.24) is 5.32 Å². The number of hydrogen-bond acceptors (Lipinski definition) is 3. The number of nitrogens with one attached hydrogen (secondary N) is 1. The van der Waals surface area contributed by atoms with Crippen LogP contribution in [-0.4, -0.2) is 29.8 Å². The van der Waals surface area contributed by atoms with Gasteiger partial charge in [-0.3, -0.25) is 14.4 Å². The summed E-state index contributed by atoms with van der Waals surface area (Å²) in [5, 5.41) is 3.03. The Hall–Kier alpha value is -2.08. The highest BCUT2D eigenvalue weighted by atomic mass is 35.5. The molecule has 118 valence electrons. The molecule has 0 radical (unpaired) electrons. The zero-order chi connectivity index (χ0) is 16.5. The van der Waals surface area contributed by atoms with Crippen molar-refractivity contribution in [2.24, 2.45) is 11.7 Å². The summed E-state index contributed by atoms with van der Waals surface area (Å²) in [7, 11) is 0. The van der Waals surface area contributed by atoms with Gasteiger partial charge in [0.2, 0.25) is 17.7 Å². The van der Waals surface area contributed by atoms with Gasteiger partial charge in [-0.2, -0.15) is 0 Å². The number of nitrogens with two attached hydrogens (primary N) is 1. The molecule has 0 aromatic heterocycles. The van der Waals surface area contributed by atoms with Gasteiger partial charge in [0.1, 0.15) is 5.54 Å². The number of hydrogen-bond donors (Lipinski definition) is 2. The highest BCUT2D eigenvalue weighted by Crippen LogP contribution is 2.31. The first kappa shape index (κ1) is 16.3. The van der Waals surface area contributed by atoms with E-state index < -0.39 is 17.4 Å². The summed E-state index contributed by atoms with van der Waals surface area (Å²) in [5.41, 5.74) is 4.66. The highest BCUT2D eigenvalue weighted by Gasteiger charge is 2.38. The fraction of sp³-hybridized carbons (Fsp3) is 0.400. The van der Waals surface area contributed by atoms with Gasteiger partial charge in [0, 0.05) is 13.0 Å². The molecule has 22 heavy (non-hydrogen) atoms. The van der Waals surface area contributed by atoms with Crippen LogP contribution in [0.2, 0.25) is 5.02 Å². The Morgan fingerprint density at radius 3 is 2.59 bits per heavy atom. The molecule has 7 heteroatoms. The van der Waals surface area contributed by atoms with Crippen LogP contribution in [0.3, 0.4) is 0 Å². The highest BCUT2D eigenvalue weighted by molar-refractivity contribution is 6.33. The molecular formula is C15H18ClN3O3. The Kier molecular flexibility index (Phi) is 4.42. The summed E-state index contributed by atoms with van der Waals surface area (Å²) in [6, 6.07) is 6.96. The molecule has 1 aliphatic rings. The van der Waals surface area contributed by atoms with Gasteiger partial charge in [-0.1, -0.05) is 23.7 Å². The SMILES string of the molecule is CC(C)(NC(=O)[C@@H]1CC(=O)N(c2ccccc2Cl)C1)C(N)=O. The zero-order valence-electron chi connectivity index (χ0n) is 12.4. The van der Waals surface area contributed by atoms with E-state index in [-0.39, 0.29) is 24.8 Å². The number of para-hydroxylation sites is 1. The summed E-state index contributed by atoms with van der Waals surface area (Å²) in [4.78, 5) is 37.1. The maximum absolute atomic E-state index is 12.2. The largest absolute Gasteiger partial charge is 0.368 e. The second-order valence-corrected chi connectivity index (χ2v) is 6.24. The van der Waals surface area contributed by atoms with Crippen LogP contribution < -0.4 is 16.0 Å². The van der Waals surface area contributed by atoms with E-state index in [1.165, 1.54) is 18.7 Å². The summed E-state index contributed by atoms with van der Waals surface area (Å²) < 4.78 is 0. The van der Waals surface area contributed by atoms with Crippen molar-refractivity contribution in [2.45, 2.75) is 25.8 Å².